The van der Waals surface area contributed by atoms with Crippen LogP contribution in [0.2, 0.25) is 0 Å². The summed E-state index contributed by atoms with van der Waals surface area (Å²) in [5, 5.41) is 35.0. The van der Waals surface area contributed by atoms with Gasteiger partial charge in [-0.15, -0.1) is 0 Å². The van der Waals surface area contributed by atoms with Crippen LogP contribution in [0.3, 0.4) is 0 Å². The summed E-state index contributed by atoms with van der Waals surface area (Å²) in [5.74, 6) is -1.92. The molecule has 0 saturated heterocycles. The number of ether oxygens (including phenoxy) is 1. The van der Waals surface area contributed by atoms with Gasteiger partial charge >= 0.3 is 5.97 Å². The fourth-order valence-electron chi connectivity index (χ4n) is 0.970. The zero-order valence-electron chi connectivity index (χ0n) is 8.67. The maximum absolute atomic E-state index is 11.4. The Morgan fingerprint density at radius 3 is 1.87 bits per heavy atom. The molecule has 0 saturated carbocycles. The van der Waals surface area contributed by atoms with Crippen molar-refractivity contribution in [2.75, 3.05) is 26.4 Å². The van der Waals surface area contributed by atoms with Crippen LogP contribution in [0.1, 0.15) is 6.92 Å². The van der Waals surface area contributed by atoms with Crippen LogP contribution in [0, 0.1) is 11.8 Å². The molecule has 1 unspecified atom stereocenters. The number of carbonyl (C=O) groups excluding carboxylic acids is 1. The van der Waals surface area contributed by atoms with E-state index in [9.17, 15) is 4.79 Å². The Kier molecular flexibility index (Phi) is 7.23. The fraction of sp³-hybridized carbons (Fsp3) is 0.889. The molecule has 0 aliphatic heterocycles. The summed E-state index contributed by atoms with van der Waals surface area (Å²) in [6.07, 6.45) is -0.946. The zero-order valence-corrected chi connectivity index (χ0v) is 8.67. The molecule has 0 spiro atoms. The Labute approximate surface area is 88.1 Å². The van der Waals surface area contributed by atoms with E-state index in [4.69, 9.17) is 25.2 Å². The molecule has 0 rings (SSSR count). The molecule has 0 aromatic heterocycles. The first-order chi connectivity index (χ1) is 7.10. The van der Waals surface area contributed by atoms with Crippen LogP contribution >= 0.6 is 0 Å². The first-order valence-electron chi connectivity index (χ1n) is 4.74. The van der Waals surface area contributed by atoms with Crippen LogP contribution in [0.4, 0.5) is 0 Å². The average Bonchev–Trinajstić information content (AvgIpc) is 2.26. The molecular formula is C9H18O6. The van der Waals surface area contributed by atoms with Crippen molar-refractivity contribution in [1.29, 1.82) is 0 Å². The fourth-order valence-corrected chi connectivity index (χ4v) is 0.970. The molecular weight excluding hydrogens is 204 g/mol. The van der Waals surface area contributed by atoms with Crippen molar-refractivity contribution in [3.8, 4) is 0 Å². The van der Waals surface area contributed by atoms with Gasteiger partial charge in [0.1, 0.15) is 6.10 Å². The van der Waals surface area contributed by atoms with Gasteiger partial charge in [-0.25, -0.2) is 0 Å². The van der Waals surface area contributed by atoms with Crippen LogP contribution in [-0.4, -0.2) is 58.9 Å². The third kappa shape index (κ3) is 4.57. The van der Waals surface area contributed by atoms with Gasteiger partial charge in [-0.05, 0) is 0 Å². The number of hydrogen-bond acceptors (Lipinski definition) is 6. The molecule has 6 nitrogen and oxygen atoms in total. The molecule has 0 aromatic carbocycles. The molecule has 0 aliphatic carbocycles. The van der Waals surface area contributed by atoms with E-state index in [0.717, 1.165) is 0 Å². The van der Waals surface area contributed by atoms with Gasteiger partial charge in [-0.3, -0.25) is 4.79 Å². The first kappa shape index (κ1) is 14.3. The molecule has 0 bridgehead atoms. The Morgan fingerprint density at radius 1 is 1.07 bits per heavy atom. The number of carbonyl (C=O) groups is 1. The predicted octanol–water partition coefficient (Wildman–Crippen LogP) is -1.88. The van der Waals surface area contributed by atoms with E-state index in [0.29, 0.717) is 0 Å². The van der Waals surface area contributed by atoms with Crippen LogP contribution < -0.4 is 0 Å². The van der Waals surface area contributed by atoms with E-state index in [2.05, 4.69) is 0 Å². The van der Waals surface area contributed by atoms with Gasteiger partial charge in [-0.1, -0.05) is 6.92 Å². The van der Waals surface area contributed by atoms with Crippen molar-refractivity contribution < 1.29 is 30.0 Å². The highest BCUT2D eigenvalue weighted by molar-refractivity contribution is 5.72. The quantitative estimate of drug-likeness (QED) is 0.376. The van der Waals surface area contributed by atoms with E-state index in [1.54, 1.807) is 0 Å². The zero-order chi connectivity index (χ0) is 11.8. The van der Waals surface area contributed by atoms with E-state index in [-0.39, 0.29) is 13.2 Å². The Balaban J connectivity index is 4.18. The maximum atomic E-state index is 11.4. The highest BCUT2D eigenvalue weighted by Crippen LogP contribution is 2.13. The van der Waals surface area contributed by atoms with Gasteiger partial charge in [0.05, 0.1) is 19.1 Å². The summed E-state index contributed by atoms with van der Waals surface area (Å²) >= 11 is 0. The van der Waals surface area contributed by atoms with Gasteiger partial charge in [0.15, 0.2) is 0 Å². The maximum Gasteiger partial charge on any atom is 0.309 e. The van der Waals surface area contributed by atoms with Crippen molar-refractivity contribution in [2.45, 2.75) is 13.0 Å². The number of aliphatic hydroxyl groups is 4. The molecule has 0 fully saturated rings. The first-order valence-corrected chi connectivity index (χ1v) is 4.74. The topological polar surface area (TPSA) is 107 Å². The molecule has 0 aromatic rings. The molecule has 1 atom stereocenters. The summed E-state index contributed by atoms with van der Waals surface area (Å²) in [6.45, 7) is -0.0631. The third-order valence-corrected chi connectivity index (χ3v) is 2.24. The van der Waals surface area contributed by atoms with Gasteiger partial charge in [0.2, 0.25) is 0 Å². The second kappa shape index (κ2) is 7.58. The second-order valence-corrected chi connectivity index (χ2v) is 3.34. The highest BCUT2D eigenvalue weighted by atomic mass is 16.6. The largest absolute Gasteiger partial charge is 0.457 e. The monoisotopic (exact) mass is 222 g/mol. The van der Waals surface area contributed by atoms with Gasteiger partial charge in [-0.2, -0.15) is 0 Å². The standard InChI is InChI=1S/C9H18O6/c1-6(7(2-10)3-11)9(14)15-8(4-12)5-13/h6-8,10-13H,2-5H2,1H3. The molecule has 0 amide bonds. The molecule has 0 aliphatic rings. The van der Waals surface area contributed by atoms with Crippen LogP contribution in [0.25, 0.3) is 0 Å². The average molecular weight is 222 g/mol. The lowest BCUT2D eigenvalue weighted by Crippen LogP contribution is -2.33. The number of esters is 1. The van der Waals surface area contributed by atoms with E-state index >= 15 is 0 Å². The molecule has 15 heavy (non-hydrogen) atoms. The second-order valence-electron chi connectivity index (χ2n) is 3.34. The minimum Gasteiger partial charge on any atom is -0.457 e. The Morgan fingerprint density at radius 2 is 1.53 bits per heavy atom. The Bertz CT molecular complexity index is 175. The van der Waals surface area contributed by atoms with E-state index in [1.165, 1.54) is 6.92 Å². The summed E-state index contributed by atoms with van der Waals surface area (Å²) in [4.78, 5) is 11.4. The molecule has 0 radical (unpaired) electrons. The predicted molar refractivity (Wildman–Crippen MR) is 50.9 cm³/mol. The molecule has 0 heterocycles. The van der Waals surface area contributed by atoms with Crippen molar-refractivity contribution in [3.63, 3.8) is 0 Å². The van der Waals surface area contributed by atoms with Gasteiger partial charge < -0.3 is 25.2 Å². The lowest BCUT2D eigenvalue weighted by atomic mass is 9.96. The highest BCUT2D eigenvalue weighted by Gasteiger charge is 2.26. The van der Waals surface area contributed by atoms with E-state index < -0.39 is 37.1 Å². The van der Waals surface area contributed by atoms with Crippen LogP contribution in [0.5, 0.6) is 0 Å². The number of rotatable bonds is 7. The Hall–Kier alpha value is -0.690. The summed E-state index contributed by atoms with van der Waals surface area (Å²) < 4.78 is 4.73. The summed E-state index contributed by atoms with van der Waals surface area (Å²) in [7, 11) is 0. The molecule has 90 valence electrons. The minimum absolute atomic E-state index is 0.324. The van der Waals surface area contributed by atoms with Crippen molar-refractivity contribution in [2.24, 2.45) is 11.8 Å². The van der Waals surface area contributed by atoms with Crippen LogP contribution in [0.15, 0.2) is 0 Å². The van der Waals surface area contributed by atoms with Crippen LogP contribution in [-0.2, 0) is 9.53 Å². The van der Waals surface area contributed by atoms with Crippen molar-refractivity contribution in [1.82, 2.24) is 0 Å². The van der Waals surface area contributed by atoms with Gasteiger partial charge in [0.25, 0.3) is 0 Å². The molecule has 4 N–H and O–H groups in total. The lowest BCUT2D eigenvalue weighted by Gasteiger charge is -2.21. The lowest BCUT2D eigenvalue weighted by molar-refractivity contribution is -0.161. The van der Waals surface area contributed by atoms with Crippen molar-refractivity contribution >= 4 is 5.97 Å². The minimum atomic E-state index is -0.946. The smallest absolute Gasteiger partial charge is 0.309 e. The summed E-state index contributed by atoms with van der Waals surface area (Å²) in [5.41, 5.74) is 0. The number of hydrogen-bond donors (Lipinski definition) is 4. The number of aliphatic hydroxyl groups excluding tert-OH is 4. The normalized spacial score (nSPS) is 13.3. The summed E-state index contributed by atoms with van der Waals surface area (Å²) in [6, 6.07) is 0. The SMILES string of the molecule is CC(C(=O)OC(CO)CO)C(CO)CO. The van der Waals surface area contributed by atoms with Gasteiger partial charge in [0, 0.05) is 19.1 Å². The molecule has 6 heteroatoms. The van der Waals surface area contributed by atoms with E-state index in [1.807, 2.05) is 0 Å². The van der Waals surface area contributed by atoms with Crippen molar-refractivity contribution in [3.05, 3.63) is 0 Å². The third-order valence-electron chi connectivity index (χ3n) is 2.24.